The van der Waals surface area contributed by atoms with Crippen molar-refractivity contribution in [3.63, 3.8) is 0 Å². The van der Waals surface area contributed by atoms with Gasteiger partial charge in [-0.15, -0.1) is 10.2 Å². The molecule has 0 saturated carbocycles. The monoisotopic (exact) mass is 238 g/mol. The fraction of sp³-hybridized carbons (Fsp3) is 0.833. The number of hydrogen-bond acceptors (Lipinski definition) is 4. The van der Waals surface area contributed by atoms with Crippen LogP contribution in [0.25, 0.3) is 0 Å². The van der Waals surface area contributed by atoms with Gasteiger partial charge in [0.05, 0.1) is 12.6 Å². The Hall–Kier alpha value is -0.940. The molecule has 0 bridgehead atoms. The average Bonchev–Trinajstić information content (AvgIpc) is 2.78. The van der Waals surface area contributed by atoms with Gasteiger partial charge in [0, 0.05) is 13.0 Å². The molecule has 0 aromatic carbocycles. The minimum Gasteiger partial charge on any atom is -0.393 e. The third kappa shape index (κ3) is 3.26. The van der Waals surface area contributed by atoms with E-state index < -0.39 is 0 Å². The molecule has 0 fully saturated rings. The van der Waals surface area contributed by atoms with Crippen molar-refractivity contribution < 1.29 is 5.11 Å². The molecule has 5 heteroatoms. The van der Waals surface area contributed by atoms with Gasteiger partial charge >= 0.3 is 0 Å². The maximum absolute atomic E-state index is 9.43. The van der Waals surface area contributed by atoms with Crippen molar-refractivity contribution in [2.24, 2.45) is 0 Å². The van der Waals surface area contributed by atoms with Gasteiger partial charge in [-0.25, -0.2) is 0 Å². The Labute approximate surface area is 102 Å². The Morgan fingerprint density at radius 2 is 2.29 bits per heavy atom. The van der Waals surface area contributed by atoms with Crippen molar-refractivity contribution in [1.82, 2.24) is 20.1 Å². The maximum Gasteiger partial charge on any atom is 0.147 e. The van der Waals surface area contributed by atoms with E-state index in [4.69, 9.17) is 0 Å². The van der Waals surface area contributed by atoms with Gasteiger partial charge in [-0.05, 0) is 32.2 Å². The molecule has 1 aromatic heterocycles. The van der Waals surface area contributed by atoms with E-state index >= 15 is 0 Å². The van der Waals surface area contributed by atoms with Gasteiger partial charge < -0.3 is 15.0 Å². The van der Waals surface area contributed by atoms with Gasteiger partial charge in [0.1, 0.15) is 11.6 Å². The SMILES string of the molecule is CCC(O)CCNCc1nnc2n1CCCC2. The topological polar surface area (TPSA) is 63.0 Å². The number of aromatic nitrogens is 3. The first-order chi connectivity index (χ1) is 8.31. The maximum atomic E-state index is 9.43. The number of hydrogen-bond donors (Lipinski definition) is 2. The van der Waals surface area contributed by atoms with Crippen LogP contribution in [0.1, 0.15) is 44.3 Å². The van der Waals surface area contributed by atoms with Crippen molar-refractivity contribution in [3.05, 3.63) is 11.6 Å². The Morgan fingerprint density at radius 1 is 1.41 bits per heavy atom. The Bertz CT molecular complexity index is 350. The van der Waals surface area contributed by atoms with Gasteiger partial charge in [0.15, 0.2) is 0 Å². The van der Waals surface area contributed by atoms with Crippen LogP contribution >= 0.6 is 0 Å². The Balaban J connectivity index is 1.77. The van der Waals surface area contributed by atoms with E-state index in [-0.39, 0.29) is 6.10 Å². The van der Waals surface area contributed by atoms with Gasteiger partial charge in [0.2, 0.25) is 0 Å². The summed E-state index contributed by atoms with van der Waals surface area (Å²) in [6.45, 7) is 4.64. The molecule has 0 radical (unpaired) electrons. The molecule has 5 nitrogen and oxygen atoms in total. The van der Waals surface area contributed by atoms with Gasteiger partial charge in [0.25, 0.3) is 0 Å². The van der Waals surface area contributed by atoms with Crippen LogP contribution in [-0.4, -0.2) is 32.5 Å². The second-order valence-corrected chi connectivity index (χ2v) is 4.67. The number of nitrogens with one attached hydrogen (secondary N) is 1. The minimum atomic E-state index is -0.185. The van der Waals surface area contributed by atoms with Crippen molar-refractivity contribution in [3.8, 4) is 0 Å². The number of rotatable bonds is 6. The fourth-order valence-corrected chi connectivity index (χ4v) is 2.17. The molecule has 1 aliphatic rings. The summed E-state index contributed by atoms with van der Waals surface area (Å²) in [6.07, 6.45) is 4.96. The quantitative estimate of drug-likeness (QED) is 0.722. The van der Waals surface area contributed by atoms with Crippen molar-refractivity contribution in [1.29, 1.82) is 0 Å². The average molecular weight is 238 g/mol. The van der Waals surface area contributed by atoms with Crippen molar-refractivity contribution in [2.45, 2.75) is 58.2 Å². The van der Waals surface area contributed by atoms with E-state index in [1.807, 2.05) is 6.92 Å². The molecule has 1 atom stereocenters. The van der Waals surface area contributed by atoms with Crippen LogP contribution in [0, 0.1) is 0 Å². The first-order valence-corrected chi connectivity index (χ1v) is 6.61. The number of fused-ring (bicyclic) bond motifs is 1. The molecule has 0 saturated heterocycles. The van der Waals surface area contributed by atoms with E-state index in [9.17, 15) is 5.11 Å². The fourth-order valence-electron chi connectivity index (χ4n) is 2.17. The molecule has 1 aromatic rings. The van der Waals surface area contributed by atoms with Gasteiger partial charge in [-0.2, -0.15) is 0 Å². The summed E-state index contributed by atoms with van der Waals surface area (Å²) < 4.78 is 2.23. The lowest BCUT2D eigenvalue weighted by molar-refractivity contribution is 0.159. The summed E-state index contributed by atoms with van der Waals surface area (Å²) in [5.74, 6) is 2.16. The van der Waals surface area contributed by atoms with Crippen LogP contribution in [0.2, 0.25) is 0 Å². The van der Waals surface area contributed by atoms with Crippen LogP contribution in [0.15, 0.2) is 0 Å². The standard InChI is InChI=1S/C12H22N4O/c1-2-10(17)6-7-13-9-12-15-14-11-5-3-4-8-16(11)12/h10,13,17H,2-9H2,1H3. The molecule has 2 heterocycles. The highest BCUT2D eigenvalue weighted by atomic mass is 16.3. The molecule has 1 aliphatic heterocycles. The highest BCUT2D eigenvalue weighted by Gasteiger charge is 2.14. The zero-order chi connectivity index (χ0) is 12.1. The lowest BCUT2D eigenvalue weighted by Crippen LogP contribution is -2.23. The molecule has 17 heavy (non-hydrogen) atoms. The molecule has 0 amide bonds. The van der Waals surface area contributed by atoms with E-state index in [2.05, 4.69) is 20.1 Å². The molecule has 0 spiro atoms. The summed E-state index contributed by atoms with van der Waals surface area (Å²) in [6, 6.07) is 0. The van der Waals surface area contributed by atoms with Crippen molar-refractivity contribution >= 4 is 0 Å². The second kappa shape index (κ2) is 6.12. The smallest absolute Gasteiger partial charge is 0.147 e. The molecule has 1 unspecified atom stereocenters. The zero-order valence-electron chi connectivity index (χ0n) is 10.5. The largest absolute Gasteiger partial charge is 0.393 e. The van der Waals surface area contributed by atoms with Gasteiger partial charge in [-0.1, -0.05) is 6.92 Å². The number of nitrogens with zero attached hydrogens (tertiary/aromatic N) is 3. The van der Waals surface area contributed by atoms with E-state index in [0.717, 1.165) is 50.5 Å². The summed E-state index contributed by atoms with van der Waals surface area (Å²) in [4.78, 5) is 0. The normalized spacial score (nSPS) is 16.8. The summed E-state index contributed by atoms with van der Waals surface area (Å²) >= 11 is 0. The zero-order valence-corrected chi connectivity index (χ0v) is 10.5. The highest BCUT2D eigenvalue weighted by Crippen LogP contribution is 2.13. The van der Waals surface area contributed by atoms with Gasteiger partial charge in [-0.3, -0.25) is 0 Å². The lowest BCUT2D eigenvalue weighted by atomic mass is 10.1. The molecule has 2 N–H and O–H groups in total. The van der Waals surface area contributed by atoms with Crippen molar-refractivity contribution in [2.75, 3.05) is 6.54 Å². The Kier molecular flexibility index (Phi) is 4.50. The number of aryl methyl sites for hydroxylation is 1. The predicted molar refractivity (Wildman–Crippen MR) is 65.6 cm³/mol. The third-order valence-electron chi connectivity index (χ3n) is 3.34. The third-order valence-corrected chi connectivity index (χ3v) is 3.34. The van der Waals surface area contributed by atoms with Crippen LogP contribution in [0.4, 0.5) is 0 Å². The van der Waals surface area contributed by atoms with Crippen LogP contribution < -0.4 is 5.32 Å². The summed E-state index contributed by atoms with van der Waals surface area (Å²) in [5.41, 5.74) is 0. The molecule has 2 rings (SSSR count). The molecular weight excluding hydrogens is 216 g/mol. The number of aliphatic hydroxyl groups is 1. The molecule has 0 aliphatic carbocycles. The van der Waals surface area contributed by atoms with E-state index in [1.165, 1.54) is 12.8 Å². The second-order valence-electron chi connectivity index (χ2n) is 4.67. The number of aliphatic hydroxyl groups excluding tert-OH is 1. The van der Waals surface area contributed by atoms with Crippen LogP contribution in [0.5, 0.6) is 0 Å². The lowest BCUT2D eigenvalue weighted by Gasteiger charge is -2.15. The predicted octanol–water partition coefficient (Wildman–Crippen LogP) is 0.865. The minimum absolute atomic E-state index is 0.185. The first kappa shape index (κ1) is 12.5. The molecule has 96 valence electrons. The van der Waals surface area contributed by atoms with Crippen LogP contribution in [-0.2, 0) is 19.5 Å². The van der Waals surface area contributed by atoms with E-state index in [1.54, 1.807) is 0 Å². The summed E-state index contributed by atoms with van der Waals surface area (Å²) in [5, 5.41) is 21.2. The highest BCUT2D eigenvalue weighted by molar-refractivity contribution is 4.98. The molecular formula is C12H22N4O. The summed E-state index contributed by atoms with van der Waals surface area (Å²) in [7, 11) is 0. The van der Waals surface area contributed by atoms with Crippen LogP contribution in [0.3, 0.4) is 0 Å². The Morgan fingerprint density at radius 3 is 3.12 bits per heavy atom. The van der Waals surface area contributed by atoms with E-state index in [0.29, 0.717) is 0 Å². The first-order valence-electron chi connectivity index (χ1n) is 6.61.